The van der Waals surface area contributed by atoms with Crippen LogP contribution < -0.4 is 4.90 Å². The molecule has 0 radical (unpaired) electrons. The van der Waals surface area contributed by atoms with Crippen molar-refractivity contribution in [2.75, 3.05) is 44.2 Å². The summed E-state index contributed by atoms with van der Waals surface area (Å²) in [5.41, 5.74) is 0. The molecule has 1 saturated carbocycles. The number of rotatable bonds is 6. The van der Waals surface area contributed by atoms with E-state index in [-0.39, 0.29) is 5.92 Å². The molecule has 7 heteroatoms. The third kappa shape index (κ3) is 3.09. The third-order valence-electron chi connectivity index (χ3n) is 7.67. The van der Waals surface area contributed by atoms with Crippen LogP contribution in [0.3, 0.4) is 0 Å². The molecular weight excluding hydrogens is 394 g/mol. The maximum Gasteiger partial charge on any atom is 0.237 e. The molecule has 6 nitrogen and oxygen atoms in total. The van der Waals surface area contributed by atoms with E-state index < -0.39 is 0 Å². The van der Waals surface area contributed by atoms with Gasteiger partial charge in [0.2, 0.25) is 11.9 Å². The maximum atomic E-state index is 13.1. The fourth-order valence-corrected chi connectivity index (χ4v) is 7.58. The van der Waals surface area contributed by atoms with E-state index in [1.165, 1.54) is 0 Å². The van der Waals surface area contributed by atoms with Gasteiger partial charge in [-0.1, -0.05) is 24.3 Å². The van der Waals surface area contributed by atoms with Crippen molar-refractivity contribution in [3.63, 3.8) is 0 Å². The largest absolute Gasteiger partial charge is 0.338 e. The summed E-state index contributed by atoms with van der Waals surface area (Å²) in [5.74, 6) is 3.82. The lowest BCUT2D eigenvalue weighted by atomic mass is 9.53. The summed E-state index contributed by atoms with van der Waals surface area (Å²) in [6.45, 7) is 6.11. The molecule has 3 heterocycles. The number of hydrogen-bond acceptors (Lipinski definition) is 6. The van der Waals surface area contributed by atoms with Crippen LogP contribution in [0.5, 0.6) is 0 Å². The van der Waals surface area contributed by atoms with E-state index in [0.717, 1.165) is 58.1 Å². The van der Waals surface area contributed by atoms with Gasteiger partial charge in [0, 0.05) is 50.4 Å². The predicted octanol–water partition coefficient (Wildman–Crippen LogP) is 2.47. The second-order valence-corrected chi connectivity index (χ2v) is 10.4. The Morgan fingerprint density at radius 2 is 1.53 bits per heavy atom. The number of carbonyl (C=O) groups excluding carboxylic acids is 1. The molecule has 2 saturated heterocycles. The van der Waals surface area contributed by atoms with E-state index in [2.05, 4.69) is 48.4 Å². The molecule has 0 N–H and O–H groups in total. The number of hydrogen-bond donors (Lipinski definition) is 0. The highest BCUT2D eigenvalue weighted by Gasteiger charge is 2.59. The predicted molar refractivity (Wildman–Crippen MR) is 119 cm³/mol. The molecule has 6 aliphatic rings. The summed E-state index contributed by atoms with van der Waals surface area (Å²) in [6.07, 6.45) is 15.3. The zero-order valence-electron chi connectivity index (χ0n) is 17.2. The first-order valence-electron chi connectivity index (χ1n) is 11.4. The highest BCUT2D eigenvalue weighted by atomic mass is 32.2. The van der Waals surface area contributed by atoms with Gasteiger partial charge in [-0.05, 0) is 61.1 Å². The van der Waals surface area contributed by atoms with Crippen molar-refractivity contribution < 1.29 is 4.79 Å². The van der Waals surface area contributed by atoms with Crippen molar-refractivity contribution >= 4 is 23.8 Å². The van der Waals surface area contributed by atoms with Crippen LogP contribution in [0.4, 0.5) is 5.95 Å². The van der Waals surface area contributed by atoms with E-state index in [1.807, 2.05) is 30.4 Å². The van der Waals surface area contributed by atoms with Crippen LogP contribution in [-0.4, -0.2) is 69.6 Å². The number of aromatic nitrogens is 2. The normalized spacial score (nSPS) is 36.7. The first kappa shape index (κ1) is 18.9. The van der Waals surface area contributed by atoms with Crippen LogP contribution in [0, 0.1) is 29.6 Å². The Hall–Kier alpha value is -1.86. The van der Waals surface area contributed by atoms with Crippen LogP contribution >= 0.6 is 11.9 Å². The first-order chi connectivity index (χ1) is 14.8. The van der Waals surface area contributed by atoms with E-state index in [9.17, 15) is 4.79 Å². The minimum Gasteiger partial charge on any atom is -0.338 e. The van der Waals surface area contributed by atoms with Gasteiger partial charge in [-0.15, -0.1) is 0 Å². The lowest BCUT2D eigenvalue weighted by Crippen LogP contribution is -2.51. The lowest BCUT2D eigenvalue weighted by molar-refractivity contribution is -0.132. The SMILES string of the molecule is O=C1C2C3C=CC(C4C=CC43)C2SN1CCCCN1CCN(c2ncccn2)CC1. The summed E-state index contributed by atoms with van der Waals surface area (Å²) in [5, 5.41) is 0.479. The molecule has 158 valence electrons. The summed E-state index contributed by atoms with van der Waals surface area (Å²) in [7, 11) is 0. The van der Waals surface area contributed by atoms with Gasteiger partial charge in [0.05, 0.1) is 5.92 Å². The molecular formula is C23H29N5OS. The lowest BCUT2D eigenvalue weighted by Gasteiger charge is -2.51. The average Bonchev–Trinajstić information content (AvgIpc) is 3.10. The molecule has 1 aromatic rings. The summed E-state index contributed by atoms with van der Waals surface area (Å²) in [4.78, 5) is 26.6. The van der Waals surface area contributed by atoms with E-state index in [0.29, 0.717) is 34.8 Å². The number of allylic oxidation sites excluding steroid dienone is 4. The molecule has 6 unspecified atom stereocenters. The van der Waals surface area contributed by atoms with Crippen molar-refractivity contribution in [2.45, 2.75) is 18.1 Å². The van der Waals surface area contributed by atoms with Gasteiger partial charge in [-0.2, -0.15) is 0 Å². The number of nitrogens with zero attached hydrogens (tertiary/aromatic N) is 5. The first-order valence-corrected chi connectivity index (χ1v) is 12.2. The average molecular weight is 424 g/mol. The minimum absolute atomic E-state index is 0.226. The number of carbonyl (C=O) groups is 1. The summed E-state index contributed by atoms with van der Waals surface area (Å²) >= 11 is 1.85. The standard InChI is InChI=1S/C23H29N5OS/c29-22-20-18-6-7-19(17-5-4-16(17)18)21(20)30-28(22)11-2-1-10-26-12-14-27(15-13-26)23-24-8-3-9-25-23/h3-9,16-21H,1-2,10-15H2. The van der Waals surface area contributed by atoms with Crippen molar-refractivity contribution in [1.82, 2.24) is 19.2 Å². The maximum absolute atomic E-state index is 13.1. The molecule has 6 atom stereocenters. The van der Waals surface area contributed by atoms with Gasteiger partial charge in [0.25, 0.3) is 0 Å². The fraction of sp³-hybridized carbons (Fsp3) is 0.609. The van der Waals surface area contributed by atoms with E-state index in [1.54, 1.807) is 0 Å². The van der Waals surface area contributed by atoms with Gasteiger partial charge in [-0.25, -0.2) is 9.97 Å². The summed E-state index contributed by atoms with van der Waals surface area (Å²) in [6, 6.07) is 1.86. The topological polar surface area (TPSA) is 52.6 Å². The van der Waals surface area contributed by atoms with Gasteiger partial charge in [0.1, 0.15) is 0 Å². The summed E-state index contributed by atoms with van der Waals surface area (Å²) < 4.78 is 2.11. The number of amides is 1. The van der Waals surface area contributed by atoms with Gasteiger partial charge < -0.3 is 4.90 Å². The highest BCUT2D eigenvalue weighted by molar-refractivity contribution is 7.98. The van der Waals surface area contributed by atoms with Gasteiger partial charge >= 0.3 is 0 Å². The monoisotopic (exact) mass is 423 g/mol. The van der Waals surface area contributed by atoms with Crippen molar-refractivity contribution in [3.05, 3.63) is 42.8 Å². The molecule has 2 bridgehead atoms. The second-order valence-electron chi connectivity index (χ2n) is 9.20. The Balaban J connectivity index is 0.953. The molecule has 3 fully saturated rings. The molecule has 1 aromatic heterocycles. The molecule has 7 rings (SSSR count). The zero-order chi connectivity index (χ0) is 20.1. The number of anilines is 1. The quantitative estimate of drug-likeness (QED) is 0.398. The van der Waals surface area contributed by atoms with Crippen LogP contribution in [-0.2, 0) is 4.79 Å². The van der Waals surface area contributed by atoms with Crippen LogP contribution in [0.2, 0.25) is 0 Å². The molecule has 1 amide bonds. The molecule has 0 aromatic carbocycles. The van der Waals surface area contributed by atoms with Crippen molar-refractivity contribution in [1.29, 1.82) is 0 Å². The van der Waals surface area contributed by atoms with Gasteiger partial charge in [0.15, 0.2) is 0 Å². The van der Waals surface area contributed by atoms with E-state index >= 15 is 0 Å². The molecule has 0 spiro atoms. The van der Waals surface area contributed by atoms with Gasteiger partial charge in [-0.3, -0.25) is 14.0 Å². The number of unbranched alkanes of at least 4 members (excludes halogenated alkanes) is 1. The van der Waals surface area contributed by atoms with Crippen molar-refractivity contribution in [2.24, 2.45) is 29.6 Å². The third-order valence-corrected chi connectivity index (χ3v) is 9.13. The Labute approximate surface area is 182 Å². The highest BCUT2D eigenvalue weighted by Crippen LogP contribution is 2.60. The fourth-order valence-electron chi connectivity index (χ4n) is 5.98. The Morgan fingerprint density at radius 1 is 0.867 bits per heavy atom. The van der Waals surface area contributed by atoms with Crippen LogP contribution in [0.15, 0.2) is 42.8 Å². The Morgan fingerprint density at radius 3 is 2.30 bits per heavy atom. The molecule has 30 heavy (non-hydrogen) atoms. The molecule has 2 aliphatic heterocycles. The zero-order valence-corrected chi connectivity index (χ0v) is 18.0. The Kier molecular flexibility index (Phi) is 4.83. The van der Waals surface area contributed by atoms with Crippen LogP contribution in [0.1, 0.15) is 12.8 Å². The minimum atomic E-state index is 0.226. The number of piperazine rings is 1. The van der Waals surface area contributed by atoms with Crippen LogP contribution in [0.25, 0.3) is 0 Å². The second kappa shape index (κ2) is 7.68. The molecule has 4 aliphatic carbocycles. The Bertz CT molecular complexity index is 852. The smallest absolute Gasteiger partial charge is 0.237 e. The van der Waals surface area contributed by atoms with Crippen molar-refractivity contribution in [3.8, 4) is 0 Å². The van der Waals surface area contributed by atoms with E-state index in [4.69, 9.17) is 0 Å².